The fraction of sp³-hybridized carbons (Fsp3) is 0.133. The Labute approximate surface area is 114 Å². The smallest absolute Gasteiger partial charge is 0.194 e. The highest BCUT2D eigenvalue weighted by Gasteiger charge is 2.16. The molecule has 0 radical (unpaired) electrons. The zero-order valence-electron chi connectivity index (χ0n) is 9.65. The van der Waals surface area contributed by atoms with Gasteiger partial charge in [0.2, 0.25) is 0 Å². The Morgan fingerprint density at radius 2 is 1.83 bits per heavy atom. The van der Waals surface area contributed by atoms with Crippen molar-refractivity contribution in [2.24, 2.45) is 0 Å². The summed E-state index contributed by atoms with van der Waals surface area (Å²) in [6, 6.07) is 13.3. The summed E-state index contributed by atoms with van der Waals surface area (Å²) in [4.78, 5) is 12.4. The molecule has 2 nitrogen and oxygen atoms in total. The van der Waals surface area contributed by atoms with Crippen molar-refractivity contribution in [3.05, 3.63) is 69.2 Å². The molecule has 2 aromatic carbocycles. The highest BCUT2D eigenvalue weighted by Crippen LogP contribution is 2.24. The van der Waals surface area contributed by atoms with E-state index in [0.717, 1.165) is 10.0 Å². The summed E-state index contributed by atoms with van der Waals surface area (Å²) < 4.78 is 6.18. The van der Waals surface area contributed by atoms with Crippen molar-refractivity contribution in [3.63, 3.8) is 0 Å². The number of benzene rings is 2. The van der Waals surface area contributed by atoms with Crippen LogP contribution in [-0.2, 0) is 18.0 Å². The van der Waals surface area contributed by atoms with E-state index in [1.807, 2.05) is 42.5 Å². The van der Waals surface area contributed by atoms with Crippen LogP contribution in [0.4, 0.5) is 0 Å². The molecular formula is C15H11BrO2. The Morgan fingerprint density at radius 3 is 2.67 bits per heavy atom. The Hall–Kier alpha value is -1.45. The third kappa shape index (κ3) is 2.00. The van der Waals surface area contributed by atoms with Gasteiger partial charge in [-0.1, -0.05) is 40.2 Å². The van der Waals surface area contributed by atoms with Crippen LogP contribution < -0.4 is 0 Å². The maximum Gasteiger partial charge on any atom is 0.194 e. The normalized spacial score (nSPS) is 13.4. The minimum atomic E-state index is 0.0391. The average Bonchev–Trinajstić information content (AvgIpc) is 2.85. The first kappa shape index (κ1) is 11.6. The highest BCUT2D eigenvalue weighted by molar-refractivity contribution is 9.10. The molecule has 0 unspecified atom stereocenters. The molecule has 2 aromatic rings. The minimum Gasteiger partial charge on any atom is -0.372 e. The Bertz CT molecular complexity index is 620. The topological polar surface area (TPSA) is 26.3 Å². The van der Waals surface area contributed by atoms with Crippen LogP contribution in [0.3, 0.4) is 0 Å². The largest absolute Gasteiger partial charge is 0.372 e. The molecule has 3 rings (SSSR count). The summed E-state index contributed by atoms with van der Waals surface area (Å²) in [5, 5.41) is 0. The van der Waals surface area contributed by atoms with Crippen molar-refractivity contribution >= 4 is 21.7 Å². The lowest BCUT2D eigenvalue weighted by molar-refractivity contribution is 0.103. The van der Waals surface area contributed by atoms with Crippen LogP contribution in [0, 0.1) is 0 Å². The molecule has 0 saturated carbocycles. The van der Waals surface area contributed by atoms with E-state index >= 15 is 0 Å². The van der Waals surface area contributed by atoms with Gasteiger partial charge < -0.3 is 4.74 Å². The maximum atomic E-state index is 12.4. The lowest BCUT2D eigenvalue weighted by Gasteiger charge is -2.05. The van der Waals surface area contributed by atoms with Gasteiger partial charge >= 0.3 is 0 Å². The van der Waals surface area contributed by atoms with Gasteiger partial charge in [-0.05, 0) is 29.3 Å². The van der Waals surface area contributed by atoms with Gasteiger partial charge in [0.15, 0.2) is 5.78 Å². The van der Waals surface area contributed by atoms with E-state index in [9.17, 15) is 4.79 Å². The summed E-state index contributed by atoms with van der Waals surface area (Å²) in [6.07, 6.45) is 0. The van der Waals surface area contributed by atoms with Crippen LogP contribution in [0.1, 0.15) is 27.0 Å². The molecule has 1 heterocycles. The summed E-state index contributed by atoms with van der Waals surface area (Å²) in [5.41, 5.74) is 3.70. The van der Waals surface area contributed by atoms with E-state index in [4.69, 9.17) is 4.74 Å². The first-order valence-corrected chi connectivity index (χ1v) is 6.54. The fourth-order valence-electron chi connectivity index (χ4n) is 2.11. The number of halogens is 1. The number of ketones is 1. The molecular weight excluding hydrogens is 292 g/mol. The van der Waals surface area contributed by atoms with E-state index < -0.39 is 0 Å². The standard InChI is InChI=1S/C15H11BrO2/c16-14-4-2-1-3-13(14)15(17)10-5-6-11-8-18-9-12(11)7-10/h1-7H,8-9H2. The predicted molar refractivity (Wildman–Crippen MR) is 72.5 cm³/mol. The van der Waals surface area contributed by atoms with Crippen LogP contribution in [-0.4, -0.2) is 5.78 Å². The number of fused-ring (bicyclic) bond motifs is 1. The predicted octanol–water partition coefficient (Wildman–Crippen LogP) is 3.71. The zero-order chi connectivity index (χ0) is 12.5. The Kier molecular flexibility index (Phi) is 3.02. The molecule has 0 saturated heterocycles. The number of carbonyl (C=O) groups excluding carboxylic acids is 1. The molecule has 3 heteroatoms. The van der Waals surface area contributed by atoms with E-state index in [0.29, 0.717) is 24.3 Å². The van der Waals surface area contributed by atoms with Crippen molar-refractivity contribution in [2.45, 2.75) is 13.2 Å². The highest BCUT2D eigenvalue weighted by atomic mass is 79.9. The van der Waals surface area contributed by atoms with Crippen LogP contribution in [0.15, 0.2) is 46.9 Å². The third-order valence-corrected chi connectivity index (χ3v) is 3.79. The molecule has 0 bridgehead atoms. The second-order valence-electron chi connectivity index (χ2n) is 4.29. The van der Waals surface area contributed by atoms with Crippen LogP contribution >= 0.6 is 15.9 Å². The van der Waals surface area contributed by atoms with E-state index in [1.54, 1.807) is 0 Å². The minimum absolute atomic E-state index is 0.0391. The zero-order valence-corrected chi connectivity index (χ0v) is 11.2. The monoisotopic (exact) mass is 302 g/mol. The summed E-state index contributed by atoms with van der Waals surface area (Å²) in [7, 11) is 0. The molecule has 1 aliphatic heterocycles. The second-order valence-corrected chi connectivity index (χ2v) is 5.14. The van der Waals surface area contributed by atoms with Gasteiger partial charge in [-0.3, -0.25) is 4.79 Å². The van der Waals surface area contributed by atoms with Crippen molar-refractivity contribution in [1.29, 1.82) is 0 Å². The van der Waals surface area contributed by atoms with Gasteiger partial charge in [0.05, 0.1) is 13.2 Å². The van der Waals surface area contributed by atoms with Crippen molar-refractivity contribution in [1.82, 2.24) is 0 Å². The van der Waals surface area contributed by atoms with Crippen LogP contribution in [0.25, 0.3) is 0 Å². The quantitative estimate of drug-likeness (QED) is 0.791. The van der Waals surface area contributed by atoms with Crippen molar-refractivity contribution < 1.29 is 9.53 Å². The van der Waals surface area contributed by atoms with Gasteiger partial charge in [0.25, 0.3) is 0 Å². The summed E-state index contributed by atoms with van der Waals surface area (Å²) >= 11 is 3.41. The first-order valence-electron chi connectivity index (χ1n) is 5.74. The second kappa shape index (κ2) is 4.67. The lowest BCUT2D eigenvalue weighted by Crippen LogP contribution is -2.03. The van der Waals surface area contributed by atoms with Crippen LogP contribution in [0.2, 0.25) is 0 Å². The van der Waals surface area contributed by atoms with Gasteiger partial charge in [0.1, 0.15) is 0 Å². The average molecular weight is 303 g/mol. The molecule has 0 aromatic heterocycles. The molecule has 90 valence electrons. The van der Waals surface area contributed by atoms with E-state index in [1.165, 1.54) is 5.56 Å². The van der Waals surface area contributed by atoms with Crippen molar-refractivity contribution in [2.75, 3.05) is 0 Å². The SMILES string of the molecule is O=C(c1ccc2c(c1)COC2)c1ccccc1Br. The Morgan fingerprint density at radius 1 is 1.06 bits per heavy atom. The van der Waals surface area contributed by atoms with Gasteiger partial charge in [-0.25, -0.2) is 0 Å². The number of ether oxygens (including phenoxy) is 1. The number of hydrogen-bond acceptors (Lipinski definition) is 2. The molecule has 1 aliphatic rings. The maximum absolute atomic E-state index is 12.4. The van der Waals surface area contributed by atoms with Crippen LogP contribution in [0.5, 0.6) is 0 Å². The first-order chi connectivity index (χ1) is 8.75. The molecule has 0 amide bonds. The summed E-state index contributed by atoms with van der Waals surface area (Å²) in [5.74, 6) is 0.0391. The molecule has 0 aliphatic carbocycles. The number of hydrogen-bond donors (Lipinski definition) is 0. The third-order valence-electron chi connectivity index (χ3n) is 3.10. The summed E-state index contributed by atoms with van der Waals surface area (Å²) in [6.45, 7) is 1.26. The number of carbonyl (C=O) groups is 1. The van der Waals surface area contributed by atoms with E-state index in [2.05, 4.69) is 15.9 Å². The molecule has 0 N–H and O–H groups in total. The van der Waals surface area contributed by atoms with Gasteiger partial charge in [-0.15, -0.1) is 0 Å². The molecule has 18 heavy (non-hydrogen) atoms. The molecule has 0 spiro atoms. The van der Waals surface area contributed by atoms with Gasteiger partial charge in [0, 0.05) is 15.6 Å². The Balaban J connectivity index is 2.01. The lowest BCUT2D eigenvalue weighted by atomic mass is 9.99. The van der Waals surface area contributed by atoms with Gasteiger partial charge in [-0.2, -0.15) is 0 Å². The van der Waals surface area contributed by atoms with Crippen molar-refractivity contribution in [3.8, 4) is 0 Å². The number of rotatable bonds is 2. The molecule has 0 atom stereocenters. The fourth-order valence-corrected chi connectivity index (χ4v) is 2.58. The molecule has 0 fully saturated rings. The van der Waals surface area contributed by atoms with E-state index in [-0.39, 0.29) is 5.78 Å².